The summed E-state index contributed by atoms with van der Waals surface area (Å²) < 4.78 is 20.8. The number of nitrogens with one attached hydrogen (secondary N) is 2. The lowest BCUT2D eigenvalue weighted by Crippen LogP contribution is -2.29. The Balaban J connectivity index is 1.32. The molecular weight excluding hydrogens is 519 g/mol. The predicted molar refractivity (Wildman–Crippen MR) is 140 cm³/mol. The molecule has 0 unspecified atom stereocenters. The second kappa shape index (κ2) is 10.9. The van der Waals surface area contributed by atoms with Gasteiger partial charge in [-0.3, -0.25) is 19.2 Å². The third-order valence-corrected chi connectivity index (χ3v) is 6.28. The lowest BCUT2D eigenvalue weighted by atomic mass is 10.0. The standard InChI is InChI=1S/C28H25FN6O5/c1-34(2)28(39)18-5-3-4-16(8-18)12-31-27(38)23-11-22(33-25-21(29)14-32-35(23)25)26(37)30-13-17-6-7-24-19(9-17)10-20(36)15-40-24/h3-9,11,14H,10,12-13,15H2,1-2H3,(H,30,37)(H,31,38). The van der Waals surface area contributed by atoms with Gasteiger partial charge in [0.1, 0.15) is 23.7 Å². The molecule has 2 aromatic carbocycles. The van der Waals surface area contributed by atoms with Gasteiger partial charge in [-0.25, -0.2) is 13.9 Å². The number of hydrogen-bond donors (Lipinski definition) is 2. The van der Waals surface area contributed by atoms with Crippen LogP contribution in [0.1, 0.15) is 48.0 Å². The van der Waals surface area contributed by atoms with Crippen LogP contribution in [0.3, 0.4) is 0 Å². The summed E-state index contributed by atoms with van der Waals surface area (Å²) in [6.07, 6.45) is 1.16. The van der Waals surface area contributed by atoms with Crippen LogP contribution in [0.5, 0.6) is 5.75 Å². The van der Waals surface area contributed by atoms with Crippen molar-refractivity contribution in [3.8, 4) is 5.75 Å². The van der Waals surface area contributed by atoms with E-state index in [4.69, 9.17) is 4.74 Å². The summed E-state index contributed by atoms with van der Waals surface area (Å²) >= 11 is 0. The van der Waals surface area contributed by atoms with Gasteiger partial charge >= 0.3 is 0 Å². The second-order valence-corrected chi connectivity index (χ2v) is 9.47. The highest BCUT2D eigenvalue weighted by Crippen LogP contribution is 2.24. The highest BCUT2D eigenvalue weighted by molar-refractivity contribution is 5.98. The van der Waals surface area contributed by atoms with E-state index in [2.05, 4.69) is 20.7 Å². The third-order valence-electron chi connectivity index (χ3n) is 6.28. The van der Waals surface area contributed by atoms with Gasteiger partial charge in [-0.1, -0.05) is 18.2 Å². The number of amides is 3. The number of fused-ring (bicyclic) bond motifs is 2. The maximum atomic E-state index is 14.4. The first-order valence-electron chi connectivity index (χ1n) is 12.4. The lowest BCUT2D eigenvalue weighted by molar-refractivity contribution is -0.121. The molecule has 0 fully saturated rings. The second-order valence-electron chi connectivity index (χ2n) is 9.47. The zero-order valence-electron chi connectivity index (χ0n) is 21.7. The largest absolute Gasteiger partial charge is 0.486 e. The van der Waals surface area contributed by atoms with E-state index in [0.717, 1.165) is 21.8 Å². The molecule has 0 spiro atoms. The van der Waals surface area contributed by atoms with Crippen LogP contribution in [0.15, 0.2) is 54.7 Å². The molecule has 0 saturated carbocycles. The number of carbonyl (C=O) groups is 4. The molecule has 2 N–H and O–H groups in total. The molecular formula is C28H25FN6O5. The van der Waals surface area contributed by atoms with E-state index in [1.54, 1.807) is 56.6 Å². The summed E-state index contributed by atoms with van der Waals surface area (Å²) in [6.45, 7) is 0.228. The number of nitrogens with zero attached hydrogens (tertiary/aromatic N) is 4. The molecule has 3 heterocycles. The maximum absolute atomic E-state index is 14.4. The number of ether oxygens (including phenoxy) is 1. The first kappa shape index (κ1) is 26.5. The molecule has 2 aromatic heterocycles. The minimum atomic E-state index is -0.794. The van der Waals surface area contributed by atoms with Gasteiger partial charge in [-0.2, -0.15) is 5.10 Å². The highest BCUT2D eigenvalue weighted by atomic mass is 19.1. The molecule has 3 amide bonds. The fourth-order valence-corrected chi connectivity index (χ4v) is 4.28. The van der Waals surface area contributed by atoms with Crippen molar-refractivity contribution in [2.75, 3.05) is 20.7 Å². The van der Waals surface area contributed by atoms with Crippen molar-refractivity contribution in [3.63, 3.8) is 0 Å². The van der Waals surface area contributed by atoms with Gasteiger partial charge in [0.05, 0.1) is 6.20 Å². The van der Waals surface area contributed by atoms with Crippen molar-refractivity contribution in [2.45, 2.75) is 19.5 Å². The van der Waals surface area contributed by atoms with Gasteiger partial charge in [0.15, 0.2) is 17.2 Å². The van der Waals surface area contributed by atoms with E-state index in [1.807, 2.05) is 0 Å². The summed E-state index contributed by atoms with van der Waals surface area (Å²) in [5, 5.41) is 9.32. The number of Topliss-reactive ketones (excluding diaryl/α,β-unsaturated/α-hetero) is 1. The van der Waals surface area contributed by atoms with E-state index in [0.29, 0.717) is 16.9 Å². The molecule has 4 aromatic rings. The van der Waals surface area contributed by atoms with Crippen LogP contribution >= 0.6 is 0 Å². The van der Waals surface area contributed by atoms with Gasteiger partial charge < -0.3 is 20.3 Å². The van der Waals surface area contributed by atoms with Crippen LogP contribution in [0.25, 0.3) is 5.65 Å². The molecule has 1 aliphatic rings. The summed E-state index contributed by atoms with van der Waals surface area (Å²) in [7, 11) is 3.29. The minimum absolute atomic E-state index is 0.0328. The van der Waals surface area contributed by atoms with Gasteiger partial charge in [0.2, 0.25) is 0 Å². The smallest absolute Gasteiger partial charge is 0.270 e. The van der Waals surface area contributed by atoms with Gasteiger partial charge in [-0.05, 0) is 35.4 Å². The molecule has 204 valence electrons. The number of benzene rings is 2. The predicted octanol–water partition coefficient (Wildman–Crippen LogP) is 1.93. The van der Waals surface area contributed by atoms with Crippen molar-refractivity contribution in [3.05, 3.63) is 94.2 Å². The summed E-state index contributed by atoms with van der Waals surface area (Å²) in [4.78, 5) is 55.5. The SMILES string of the molecule is CN(C)C(=O)c1cccc(CNC(=O)c2cc(C(=O)NCc3ccc4c(c3)CC(=O)CO4)nc3c(F)cnn23)c1. The Labute approximate surface area is 227 Å². The number of rotatable bonds is 7. The number of hydrogen-bond acceptors (Lipinski definition) is 7. The van der Waals surface area contributed by atoms with Crippen molar-refractivity contribution < 1.29 is 28.3 Å². The van der Waals surface area contributed by atoms with Crippen LogP contribution in [-0.2, 0) is 24.3 Å². The minimum Gasteiger partial charge on any atom is -0.486 e. The van der Waals surface area contributed by atoms with E-state index in [1.165, 1.54) is 11.0 Å². The molecule has 0 atom stereocenters. The molecule has 11 nitrogen and oxygen atoms in total. The van der Waals surface area contributed by atoms with E-state index in [9.17, 15) is 23.6 Å². The van der Waals surface area contributed by atoms with Crippen molar-refractivity contribution in [1.82, 2.24) is 30.1 Å². The Morgan fingerprint density at radius 2 is 1.77 bits per heavy atom. The zero-order chi connectivity index (χ0) is 28.4. The Bertz CT molecular complexity index is 1660. The Hall–Kier alpha value is -5.13. The first-order valence-corrected chi connectivity index (χ1v) is 12.4. The molecule has 40 heavy (non-hydrogen) atoms. The van der Waals surface area contributed by atoms with Crippen molar-refractivity contribution in [2.24, 2.45) is 0 Å². The van der Waals surface area contributed by atoms with Gasteiger partial charge in [0, 0.05) is 50.8 Å². The van der Waals surface area contributed by atoms with Crippen LogP contribution < -0.4 is 15.4 Å². The highest BCUT2D eigenvalue weighted by Gasteiger charge is 2.21. The third kappa shape index (κ3) is 5.51. The van der Waals surface area contributed by atoms with Gasteiger partial charge in [-0.15, -0.1) is 0 Å². The summed E-state index contributed by atoms with van der Waals surface area (Å²) in [6, 6.07) is 13.3. The van der Waals surface area contributed by atoms with Crippen LogP contribution in [0, 0.1) is 5.82 Å². The van der Waals surface area contributed by atoms with Crippen LogP contribution in [0.4, 0.5) is 4.39 Å². The molecule has 5 rings (SSSR count). The fourth-order valence-electron chi connectivity index (χ4n) is 4.28. The maximum Gasteiger partial charge on any atom is 0.270 e. The molecule has 12 heteroatoms. The topological polar surface area (TPSA) is 135 Å². The number of ketones is 1. The number of halogens is 1. The number of carbonyl (C=O) groups excluding carboxylic acids is 4. The molecule has 0 saturated heterocycles. The quantitative estimate of drug-likeness (QED) is 0.363. The average Bonchev–Trinajstić information content (AvgIpc) is 3.33. The Morgan fingerprint density at radius 3 is 2.55 bits per heavy atom. The van der Waals surface area contributed by atoms with E-state index in [-0.39, 0.29) is 54.8 Å². The average molecular weight is 545 g/mol. The molecule has 0 bridgehead atoms. The van der Waals surface area contributed by atoms with Crippen molar-refractivity contribution >= 4 is 29.2 Å². The Morgan fingerprint density at radius 1 is 1.02 bits per heavy atom. The molecule has 0 aliphatic carbocycles. The van der Waals surface area contributed by atoms with E-state index < -0.39 is 17.6 Å². The van der Waals surface area contributed by atoms with Gasteiger partial charge in [0.25, 0.3) is 17.7 Å². The monoisotopic (exact) mass is 544 g/mol. The van der Waals surface area contributed by atoms with Crippen LogP contribution in [0.2, 0.25) is 0 Å². The Kier molecular flexibility index (Phi) is 7.23. The lowest BCUT2D eigenvalue weighted by Gasteiger charge is -2.17. The molecule has 1 aliphatic heterocycles. The summed E-state index contributed by atoms with van der Waals surface area (Å²) in [5.41, 5.74) is 2.06. The summed E-state index contributed by atoms with van der Waals surface area (Å²) in [5.74, 6) is -1.62. The number of aromatic nitrogens is 3. The first-order chi connectivity index (χ1) is 19.2. The molecule has 0 radical (unpaired) electrons. The van der Waals surface area contributed by atoms with E-state index >= 15 is 0 Å². The van der Waals surface area contributed by atoms with Crippen LogP contribution in [-0.4, -0.2) is 63.7 Å². The fraction of sp³-hybridized carbons (Fsp3) is 0.214. The normalized spacial score (nSPS) is 12.4. The zero-order valence-corrected chi connectivity index (χ0v) is 21.7. The van der Waals surface area contributed by atoms with Crippen molar-refractivity contribution in [1.29, 1.82) is 0 Å².